The van der Waals surface area contributed by atoms with Crippen LogP contribution in [0.5, 0.6) is 0 Å². The van der Waals surface area contributed by atoms with Gasteiger partial charge in [-0.25, -0.2) is 9.38 Å². The van der Waals surface area contributed by atoms with Gasteiger partial charge in [-0.1, -0.05) is 48.5 Å². The summed E-state index contributed by atoms with van der Waals surface area (Å²) >= 11 is 0. The molecule has 0 bridgehead atoms. The van der Waals surface area contributed by atoms with Crippen molar-refractivity contribution in [2.75, 3.05) is 6.54 Å². The lowest BCUT2D eigenvalue weighted by atomic mass is 10.0. The number of benzene rings is 2. The number of hydrogen-bond acceptors (Lipinski definition) is 2. The van der Waals surface area contributed by atoms with Crippen molar-refractivity contribution in [1.82, 2.24) is 0 Å². The van der Waals surface area contributed by atoms with Crippen LogP contribution < -0.4 is 0 Å². The van der Waals surface area contributed by atoms with E-state index in [1.807, 2.05) is 60.7 Å². The van der Waals surface area contributed by atoms with Crippen LogP contribution in [0, 0.1) is 0 Å². The highest BCUT2D eigenvalue weighted by atomic mass is 19.1. The number of alkyl halides is 1. The third-order valence-electron chi connectivity index (χ3n) is 3.13. The van der Waals surface area contributed by atoms with E-state index < -0.39 is 12.3 Å². The molecule has 2 aromatic carbocycles. The SMILES string of the molecule is F[C@H]1CN=C(c2ccccc2)O[C@H]1c1ccccc1. The van der Waals surface area contributed by atoms with E-state index in [0.717, 1.165) is 11.1 Å². The second-order valence-electron chi connectivity index (χ2n) is 4.48. The molecule has 0 aliphatic carbocycles. The van der Waals surface area contributed by atoms with Crippen LogP contribution in [0.3, 0.4) is 0 Å². The first kappa shape index (κ1) is 11.9. The molecule has 1 aliphatic rings. The van der Waals surface area contributed by atoms with Crippen LogP contribution in [0.4, 0.5) is 4.39 Å². The summed E-state index contributed by atoms with van der Waals surface area (Å²) in [6, 6.07) is 19.0. The second-order valence-corrected chi connectivity index (χ2v) is 4.48. The van der Waals surface area contributed by atoms with Gasteiger partial charge in [0.15, 0.2) is 12.3 Å². The van der Waals surface area contributed by atoms with E-state index in [0.29, 0.717) is 5.90 Å². The molecular weight excluding hydrogens is 241 g/mol. The van der Waals surface area contributed by atoms with Crippen LogP contribution in [0.1, 0.15) is 17.2 Å². The van der Waals surface area contributed by atoms with E-state index in [4.69, 9.17) is 4.74 Å². The molecule has 0 spiro atoms. The Balaban J connectivity index is 1.88. The standard InChI is InChI=1S/C16H14FNO/c17-14-11-18-16(13-9-5-2-6-10-13)19-15(14)12-7-3-1-4-8-12/h1-10,14-15H,11H2/t14-,15-/m0/s1. The second kappa shape index (κ2) is 5.22. The van der Waals surface area contributed by atoms with Gasteiger partial charge in [0.2, 0.25) is 5.90 Å². The van der Waals surface area contributed by atoms with E-state index in [1.165, 1.54) is 0 Å². The van der Waals surface area contributed by atoms with Crippen LogP contribution in [0.25, 0.3) is 0 Å². The molecule has 96 valence electrons. The van der Waals surface area contributed by atoms with Gasteiger partial charge in [-0.15, -0.1) is 0 Å². The maximum Gasteiger partial charge on any atom is 0.216 e. The van der Waals surface area contributed by atoms with Gasteiger partial charge >= 0.3 is 0 Å². The van der Waals surface area contributed by atoms with E-state index >= 15 is 0 Å². The van der Waals surface area contributed by atoms with Crippen LogP contribution >= 0.6 is 0 Å². The maximum absolute atomic E-state index is 14.0. The topological polar surface area (TPSA) is 21.6 Å². The van der Waals surface area contributed by atoms with Gasteiger partial charge < -0.3 is 4.74 Å². The van der Waals surface area contributed by atoms with Crippen LogP contribution in [-0.4, -0.2) is 18.6 Å². The zero-order valence-electron chi connectivity index (χ0n) is 10.4. The fourth-order valence-electron chi connectivity index (χ4n) is 2.16. The molecule has 0 amide bonds. The van der Waals surface area contributed by atoms with Crippen molar-refractivity contribution in [3.63, 3.8) is 0 Å². The van der Waals surface area contributed by atoms with Crippen LogP contribution in [0.2, 0.25) is 0 Å². The third-order valence-corrected chi connectivity index (χ3v) is 3.13. The highest BCUT2D eigenvalue weighted by molar-refractivity contribution is 5.94. The monoisotopic (exact) mass is 255 g/mol. The van der Waals surface area contributed by atoms with E-state index in [2.05, 4.69) is 4.99 Å². The summed E-state index contributed by atoms with van der Waals surface area (Å²) in [6.07, 6.45) is -1.68. The Morgan fingerprint density at radius 1 is 0.947 bits per heavy atom. The van der Waals surface area contributed by atoms with Crippen molar-refractivity contribution in [1.29, 1.82) is 0 Å². The zero-order chi connectivity index (χ0) is 13.1. The quantitative estimate of drug-likeness (QED) is 0.804. The lowest BCUT2D eigenvalue weighted by Gasteiger charge is -2.27. The number of halogens is 1. The number of aliphatic imine (C=N–C) groups is 1. The van der Waals surface area contributed by atoms with Gasteiger partial charge in [-0.05, 0) is 17.7 Å². The summed E-state index contributed by atoms with van der Waals surface area (Å²) in [5, 5.41) is 0. The number of ether oxygens (including phenoxy) is 1. The van der Waals surface area contributed by atoms with Crippen LogP contribution in [-0.2, 0) is 4.74 Å². The molecule has 0 fully saturated rings. The number of nitrogens with zero attached hydrogens (tertiary/aromatic N) is 1. The molecule has 0 aromatic heterocycles. The molecule has 1 heterocycles. The minimum atomic E-state index is -1.10. The lowest BCUT2D eigenvalue weighted by molar-refractivity contribution is 0.0800. The minimum absolute atomic E-state index is 0.143. The Morgan fingerprint density at radius 2 is 1.58 bits per heavy atom. The fraction of sp³-hybridized carbons (Fsp3) is 0.188. The van der Waals surface area contributed by atoms with E-state index in [1.54, 1.807) is 0 Å². The summed E-state index contributed by atoms with van der Waals surface area (Å²) in [6.45, 7) is 0.143. The third kappa shape index (κ3) is 2.50. The average molecular weight is 255 g/mol. The average Bonchev–Trinajstić information content (AvgIpc) is 2.49. The molecule has 0 saturated carbocycles. The fourth-order valence-corrected chi connectivity index (χ4v) is 2.16. The highest BCUT2D eigenvalue weighted by Crippen LogP contribution is 2.28. The molecule has 3 heteroatoms. The van der Waals surface area contributed by atoms with Gasteiger partial charge in [-0.3, -0.25) is 0 Å². The Bertz CT molecular complexity index is 568. The van der Waals surface area contributed by atoms with Crippen LogP contribution in [0.15, 0.2) is 65.7 Å². The molecule has 0 saturated heterocycles. The van der Waals surface area contributed by atoms with Crippen molar-refractivity contribution in [2.24, 2.45) is 4.99 Å². The summed E-state index contributed by atoms with van der Waals surface area (Å²) < 4.78 is 19.7. The number of hydrogen-bond donors (Lipinski definition) is 0. The molecule has 2 nitrogen and oxygen atoms in total. The van der Waals surface area contributed by atoms with E-state index in [-0.39, 0.29) is 6.54 Å². The normalized spacial score (nSPS) is 22.5. The highest BCUT2D eigenvalue weighted by Gasteiger charge is 2.30. The van der Waals surface area contributed by atoms with Crippen molar-refractivity contribution < 1.29 is 9.13 Å². The molecule has 3 rings (SSSR count). The van der Waals surface area contributed by atoms with Gasteiger partial charge in [0.05, 0.1) is 6.54 Å². The molecule has 0 N–H and O–H groups in total. The van der Waals surface area contributed by atoms with Gasteiger partial charge in [-0.2, -0.15) is 0 Å². The maximum atomic E-state index is 14.0. The first-order valence-corrected chi connectivity index (χ1v) is 6.30. The Hall–Kier alpha value is -2.16. The Kier molecular flexibility index (Phi) is 3.27. The predicted octanol–water partition coefficient (Wildman–Crippen LogP) is 3.54. The summed E-state index contributed by atoms with van der Waals surface area (Å²) in [5.41, 5.74) is 1.73. The van der Waals surface area contributed by atoms with Gasteiger partial charge in [0, 0.05) is 5.56 Å². The van der Waals surface area contributed by atoms with Crippen molar-refractivity contribution in [2.45, 2.75) is 12.3 Å². The van der Waals surface area contributed by atoms with Crippen molar-refractivity contribution in [3.05, 3.63) is 71.8 Å². The summed E-state index contributed by atoms with van der Waals surface area (Å²) in [7, 11) is 0. The Labute approximate surface area is 111 Å². The Morgan fingerprint density at radius 3 is 2.26 bits per heavy atom. The summed E-state index contributed by atoms with van der Waals surface area (Å²) in [4.78, 5) is 4.18. The molecule has 0 unspecified atom stereocenters. The molecule has 2 atom stereocenters. The van der Waals surface area contributed by atoms with Gasteiger partial charge in [0.1, 0.15) is 0 Å². The van der Waals surface area contributed by atoms with E-state index in [9.17, 15) is 4.39 Å². The minimum Gasteiger partial charge on any atom is -0.466 e. The van der Waals surface area contributed by atoms with Crippen molar-refractivity contribution >= 4 is 5.90 Å². The number of rotatable bonds is 2. The summed E-state index contributed by atoms with van der Waals surface area (Å²) in [5.74, 6) is 0.517. The van der Waals surface area contributed by atoms with Gasteiger partial charge in [0.25, 0.3) is 0 Å². The molecule has 1 aliphatic heterocycles. The largest absolute Gasteiger partial charge is 0.466 e. The molecule has 19 heavy (non-hydrogen) atoms. The predicted molar refractivity (Wildman–Crippen MR) is 73.0 cm³/mol. The lowest BCUT2D eigenvalue weighted by Crippen LogP contribution is -2.29. The zero-order valence-corrected chi connectivity index (χ0v) is 10.4. The molecule has 0 radical (unpaired) electrons. The first-order valence-electron chi connectivity index (χ1n) is 6.30. The first-order chi connectivity index (χ1) is 9.34. The molecular formula is C16H14FNO. The van der Waals surface area contributed by atoms with Crippen molar-refractivity contribution in [3.8, 4) is 0 Å². The molecule has 2 aromatic rings. The smallest absolute Gasteiger partial charge is 0.216 e.